The summed E-state index contributed by atoms with van der Waals surface area (Å²) in [7, 11) is 3.22. The van der Waals surface area contributed by atoms with Crippen molar-refractivity contribution in [1.82, 2.24) is 15.6 Å². The Kier molecular flexibility index (Phi) is 7.27. The molecule has 0 radical (unpaired) electrons. The fraction of sp³-hybridized carbons (Fsp3) is 0.333. The van der Waals surface area contributed by atoms with Gasteiger partial charge in [-0.25, -0.2) is 4.98 Å². The molecule has 0 fully saturated rings. The number of hydrogen-bond donors (Lipinski definition) is 3. The number of rotatable bonds is 7. The van der Waals surface area contributed by atoms with Crippen LogP contribution < -0.4 is 20.7 Å². The van der Waals surface area contributed by atoms with E-state index in [9.17, 15) is 13.2 Å². The van der Waals surface area contributed by atoms with E-state index >= 15 is 0 Å². The van der Waals surface area contributed by atoms with E-state index in [0.29, 0.717) is 19.0 Å². The number of anilines is 1. The molecule has 1 aromatic heterocycles. The lowest BCUT2D eigenvalue weighted by molar-refractivity contribution is -0.137. The second kappa shape index (κ2) is 9.65. The van der Waals surface area contributed by atoms with Crippen molar-refractivity contribution in [3.05, 3.63) is 53.7 Å². The Labute approximate surface area is 155 Å². The average Bonchev–Trinajstić information content (AvgIpc) is 2.67. The van der Waals surface area contributed by atoms with Crippen LogP contribution in [0.3, 0.4) is 0 Å². The van der Waals surface area contributed by atoms with Gasteiger partial charge in [0.1, 0.15) is 11.6 Å². The number of hydrogen-bond acceptors (Lipinski definition) is 4. The Bertz CT molecular complexity index is 765. The smallest absolute Gasteiger partial charge is 0.419 e. The first-order chi connectivity index (χ1) is 12.9. The summed E-state index contributed by atoms with van der Waals surface area (Å²) in [5, 5.41) is 8.86. The van der Waals surface area contributed by atoms with Crippen molar-refractivity contribution >= 4 is 11.8 Å². The summed E-state index contributed by atoms with van der Waals surface area (Å²) < 4.78 is 43.9. The second-order valence-electron chi connectivity index (χ2n) is 5.53. The van der Waals surface area contributed by atoms with Gasteiger partial charge in [0.25, 0.3) is 0 Å². The predicted molar refractivity (Wildman–Crippen MR) is 98.9 cm³/mol. The number of nitrogens with zero attached hydrogens (tertiary/aromatic N) is 2. The van der Waals surface area contributed by atoms with Crippen molar-refractivity contribution < 1.29 is 17.9 Å². The molecule has 0 bridgehead atoms. The summed E-state index contributed by atoms with van der Waals surface area (Å²) >= 11 is 0. The molecule has 0 aliphatic heterocycles. The summed E-state index contributed by atoms with van der Waals surface area (Å²) in [4.78, 5) is 7.84. The highest BCUT2D eigenvalue weighted by molar-refractivity contribution is 5.79. The van der Waals surface area contributed by atoms with Crippen LogP contribution in [0.15, 0.2) is 47.6 Å². The van der Waals surface area contributed by atoms with Gasteiger partial charge < -0.3 is 20.7 Å². The molecule has 0 amide bonds. The van der Waals surface area contributed by atoms with E-state index in [4.69, 9.17) is 4.74 Å². The number of aliphatic imine (C=N–C) groups is 1. The third kappa shape index (κ3) is 6.36. The lowest BCUT2D eigenvalue weighted by Gasteiger charge is -2.15. The zero-order chi connectivity index (χ0) is 19.7. The van der Waals surface area contributed by atoms with Crippen molar-refractivity contribution in [2.75, 3.05) is 32.6 Å². The second-order valence-corrected chi connectivity index (χ2v) is 5.53. The van der Waals surface area contributed by atoms with Crippen molar-refractivity contribution in [3.63, 3.8) is 0 Å². The maximum Gasteiger partial charge on any atom is 0.419 e. The normalized spacial score (nSPS) is 11.8. The standard InChI is InChI=1S/C18H22F3N5O/c1-22-17(26-12-13-5-3-6-14(11-13)27-2)25-10-9-24-16-15(18(19,20)21)7-4-8-23-16/h3-8,11H,9-10,12H2,1-2H3,(H,23,24)(H2,22,25,26). The third-order valence-electron chi connectivity index (χ3n) is 3.64. The van der Waals surface area contributed by atoms with Crippen molar-refractivity contribution in [2.45, 2.75) is 12.7 Å². The minimum absolute atomic E-state index is 0.189. The predicted octanol–water partition coefficient (Wildman–Crippen LogP) is 2.89. The molecular formula is C18H22F3N5O. The van der Waals surface area contributed by atoms with E-state index in [2.05, 4.69) is 25.9 Å². The van der Waals surface area contributed by atoms with Gasteiger partial charge in [0, 0.05) is 32.9 Å². The third-order valence-corrected chi connectivity index (χ3v) is 3.64. The molecular weight excluding hydrogens is 359 g/mol. The van der Waals surface area contributed by atoms with Gasteiger partial charge in [-0.2, -0.15) is 13.2 Å². The largest absolute Gasteiger partial charge is 0.497 e. The summed E-state index contributed by atoms with van der Waals surface area (Å²) in [6.45, 7) is 1.15. The van der Waals surface area contributed by atoms with Gasteiger partial charge in [-0.1, -0.05) is 12.1 Å². The summed E-state index contributed by atoms with van der Waals surface area (Å²) in [6.07, 6.45) is -3.13. The van der Waals surface area contributed by atoms with Crippen LogP contribution in [0.5, 0.6) is 5.75 Å². The number of pyridine rings is 1. The van der Waals surface area contributed by atoms with Crippen LogP contribution in [0.2, 0.25) is 0 Å². The number of nitrogens with one attached hydrogen (secondary N) is 3. The molecule has 146 valence electrons. The minimum Gasteiger partial charge on any atom is -0.497 e. The highest BCUT2D eigenvalue weighted by atomic mass is 19.4. The Hall–Kier alpha value is -2.97. The maximum absolute atomic E-state index is 12.9. The Morgan fingerprint density at radius 1 is 1.15 bits per heavy atom. The van der Waals surface area contributed by atoms with E-state index in [1.165, 1.54) is 12.3 Å². The van der Waals surface area contributed by atoms with E-state index in [1.807, 2.05) is 24.3 Å². The number of ether oxygens (including phenoxy) is 1. The average molecular weight is 381 g/mol. The maximum atomic E-state index is 12.9. The molecule has 0 saturated heterocycles. The SMILES string of the molecule is CN=C(NCCNc1ncccc1C(F)(F)F)NCc1cccc(OC)c1. The molecule has 0 spiro atoms. The molecule has 0 unspecified atom stereocenters. The molecule has 2 aromatic rings. The van der Waals surface area contributed by atoms with Gasteiger partial charge in [-0.3, -0.25) is 4.99 Å². The topological polar surface area (TPSA) is 70.6 Å². The van der Waals surface area contributed by atoms with Crippen LogP contribution >= 0.6 is 0 Å². The molecule has 6 nitrogen and oxygen atoms in total. The van der Waals surface area contributed by atoms with E-state index in [1.54, 1.807) is 14.2 Å². The number of alkyl halides is 3. The number of methoxy groups -OCH3 is 1. The first kappa shape index (κ1) is 20.3. The Morgan fingerprint density at radius 3 is 2.67 bits per heavy atom. The van der Waals surface area contributed by atoms with Gasteiger partial charge in [-0.05, 0) is 29.8 Å². The quantitative estimate of drug-likeness (QED) is 0.391. The molecule has 3 N–H and O–H groups in total. The van der Waals surface area contributed by atoms with Crippen molar-refractivity contribution in [3.8, 4) is 5.75 Å². The molecule has 27 heavy (non-hydrogen) atoms. The van der Waals surface area contributed by atoms with Gasteiger partial charge in [-0.15, -0.1) is 0 Å². The zero-order valence-corrected chi connectivity index (χ0v) is 15.1. The van der Waals surface area contributed by atoms with Crippen LogP contribution in [-0.4, -0.2) is 38.2 Å². The first-order valence-corrected chi connectivity index (χ1v) is 8.27. The summed E-state index contributed by atoms with van der Waals surface area (Å²) in [5.74, 6) is 1.11. The fourth-order valence-electron chi connectivity index (χ4n) is 2.33. The molecule has 0 aliphatic rings. The molecule has 0 aliphatic carbocycles. The van der Waals surface area contributed by atoms with Crippen LogP contribution in [0.4, 0.5) is 19.0 Å². The van der Waals surface area contributed by atoms with Gasteiger partial charge in [0.15, 0.2) is 5.96 Å². The number of benzene rings is 1. The van der Waals surface area contributed by atoms with Crippen LogP contribution in [0.25, 0.3) is 0 Å². The molecule has 0 saturated carbocycles. The van der Waals surface area contributed by atoms with Gasteiger partial charge >= 0.3 is 6.18 Å². The molecule has 0 atom stereocenters. The molecule has 1 aromatic carbocycles. The fourth-order valence-corrected chi connectivity index (χ4v) is 2.33. The Balaban J connectivity index is 1.80. The van der Waals surface area contributed by atoms with Crippen LogP contribution in [-0.2, 0) is 12.7 Å². The zero-order valence-electron chi connectivity index (χ0n) is 15.1. The first-order valence-electron chi connectivity index (χ1n) is 8.27. The number of halogens is 3. The van der Waals surface area contributed by atoms with Crippen LogP contribution in [0, 0.1) is 0 Å². The van der Waals surface area contributed by atoms with E-state index in [0.717, 1.165) is 17.4 Å². The van der Waals surface area contributed by atoms with Crippen LogP contribution in [0.1, 0.15) is 11.1 Å². The van der Waals surface area contributed by atoms with Crippen molar-refractivity contribution in [2.24, 2.45) is 4.99 Å². The monoisotopic (exact) mass is 381 g/mol. The van der Waals surface area contributed by atoms with Crippen molar-refractivity contribution in [1.29, 1.82) is 0 Å². The van der Waals surface area contributed by atoms with Gasteiger partial charge in [0.05, 0.1) is 12.7 Å². The molecule has 9 heteroatoms. The molecule has 1 heterocycles. The lowest BCUT2D eigenvalue weighted by atomic mass is 10.2. The van der Waals surface area contributed by atoms with Gasteiger partial charge in [0.2, 0.25) is 0 Å². The highest BCUT2D eigenvalue weighted by Gasteiger charge is 2.33. The van der Waals surface area contributed by atoms with E-state index < -0.39 is 11.7 Å². The lowest BCUT2D eigenvalue weighted by Crippen LogP contribution is -2.39. The Morgan fingerprint density at radius 2 is 1.96 bits per heavy atom. The highest BCUT2D eigenvalue weighted by Crippen LogP contribution is 2.33. The van der Waals surface area contributed by atoms with E-state index in [-0.39, 0.29) is 12.4 Å². The summed E-state index contributed by atoms with van der Waals surface area (Å²) in [6, 6.07) is 9.86. The molecule has 2 rings (SSSR count). The minimum atomic E-state index is -4.45. The number of aromatic nitrogens is 1. The summed E-state index contributed by atoms with van der Waals surface area (Å²) in [5.41, 5.74) is 0.226. The number of guanidine groups is 1.